The maximum Gasteiger partial charge on any atom is 0.225 e. The average molecular weight is 616 g/mol. The third-order valence-corrected chi connectivity index (χ3v) is 10.2. The number of sulfonamides is 1. The lowest BCUT2D eigenvalue weighted by Gasteiger charge is -2.30. The van der Waals surface area contributed by atoms with Crippen LogP contribution in [0.25, 0.3) is 0 Å². The van der Waals surface area contributed by atoms with E-state index in [1.807, 2.05) is 0 Å². The highest BCUT2D eigenvalue weighted by Gasteiger charge is 2.36. The number of hydrogen-bond donors (Lipinski definition) is 2. The molecule has 4 atom stereocenters. The molecule has 0 aromatic heterocycles. The number of hydrogen-bond acceptors (Lipinski definition) is 4. The molecule has 5 rings (SSSR count). The summed E-state index contributed by atoms with van der Waals surface area (Å²) in [5.41, 5.74) is 1.98. The molecule has 2 N–H and O–H groups in total. The number of carbonyl (C=O) groups excluding carboxylic acids is 1. The number of nitrogens with zero attached hydrogens (tertiary/aromatic N) is 1. The molecule has 2 aliphatic rings. The van der Waals surface area contributed by atoms with Crippen molar-refractivity contribution >= 4 is 21.6 Å². The van der Waals surface area contributed by atoms with E-state index in [-0.39, 0.29) is 41.5 Å². The van der Waals surface area contributed by atoms with E-state index in [1.165, 1.54) is 40.7 Å². The summed E-state index contributed by atoms with van der Waals surface area (Å²) < 4.78 is 84.6. The number of anilines is 1. The third kappa shape index (κ3) is 7.34. The van der Waals surface area contributed by atoms with Crippen LogP contribution in [0.15, 0.2) is 72.8 Å². The van der Waals surface area contributed by atoms with Gasteiger partial charge in [-0.15, -0.1) is 0 Å². The Morgan fingerprint density at radius 2 is 1.72 bits per heavy atom. The Hall–Kier alpha value is -3.54. The Morgan fingerprint density at radius 1 is 1.00 bits per heavy atom. The molecule has 4 unspecified atom stereocenters. The van der Waals surface area contributed by atoms with Crippen molar-refractivity contribution in [3.8, 4) is 0 Å². The lowest BCUT2D eigenvalue weighted by molar-refractivity contribution is -0.116. The van der Waals surface area contributed by atoms with Crippen LogP contribution >= 0.6 is 0 Å². The molecule has 0 radical (unpaired) electrons. The largest absolute Gasteiger partial charge is 0.326 e. The summed E-state index contributed by atoms with van der Waals surface area (Å²) >= 11 is 0. The smallest absolute Gasteiger partial charge is 0.225 e. The molecule has 0 saturated carbocycles. The molecule has 43 heavy (non-hydrogen) atoms. The number of amides is 1. The van der Waals surface area contributed by atoms with Gasteiger partial charge < -0.3 is 10.6 Å². The number of rotatable bonds is 8. The van der Waals surface area contributed by atoms with Crippen LogP contribution in [0.3, 0.4) is 0 Å². The van der Waals surface area contributed by atoms with E-state index in [9.17, 15) is 26.4 Å². The van der Waals surface area contributed by atoms with Crippen molar-refractivity contribution in [2.75, 3.05) is 24.2 Å². The van der Waals surface area contributed by atoms with Crippen molar-refractivity contribution in [1.82, 2.24) is 9.62 Å². The van der Waals surface area contributed by atoms with E-state index >= 15 is 4.39 Å². The summed E-state index contributed by atoms with van der Waals surface area (Å²) in [6, 6.07) is 12.2. The van der Waals surface area contributed by atoms with E-state index in [0.717, 1.165) is 23.8 Å². The molecule has 1 amide bonds. The second kappa shape index (κ2) is 13.0. The van der Waals surface area contributed by atoms with Gasteiger partial charge in [-0.2, -0.15) is 4.31 Å². The van der Waals surface area contributed by atoms with Crippen molar-refractivity contribution in [3.05, 3.63) is 113 Å². The van der Waals surface area contributed by atoms with E-state index in [2.05, 4.69) is 17.2 Å². The van der Waals surface area contributed by atoms with Crippen LogP contribution in [0.4, 0.5) is 23.2 Å². The van der Waals surface area contributed by atoms with Crippen LogP contribution in [0.5, 0.6) is 0 Å². The molecule has 2 saturated heterocycles. The van der Waals surface area contributed by atoms with Crippen LogP contribution < -0.4 is 10.6 Å². The van der Waals surface area contributed by atoms with Crippen molar-refractivity contribution in [2.24, 2.45) is 0 Å². The predicted molar refractivity (Wildman–Crippen MR) is 157 cm³/mol. The normalized spacial score (nSPS) is 22.3. The fraction of sp³-hybridized carbons (Fsp3) is 0.344. The van der Waals surface area contributed by atoms with Crippen LogP contribution in [0.2, 0.25) is 0 Å². The third-order valence-electron chi connectivity index (χ3n) is 8.25. The first-order valence-electron chi connectivity index (χ1n) is 14.2. The van der Waals surface area contributed by atoms with Gasteiger partial charge in [-0.3, -0.25) is 4.79 Å². The molecule has 3 aromatic carbocycles. The molecule has 11 heteroatoms. The van der Waals surface area contributed by atoms with E-state index in [1.54, 1.807) is 6.07 Å². The first-order chi connectivity index (χ1) is 20.5. The molecule has 6 nitrogen and oxygen atoms in total. The minimum Gasteiger partial charge on any atom is -0.326 e. The summed E-state index contributed by atoms with van der Waals surface area (Å²) in [5, 5.41) is 6.14. The van der Waals surface area contributed by atoms with E-state index < -0.39 is 51.2 Å². The fourth-order valence-electron chi connectivity index (χ4n) is 5.96. The molecular weight excluding hydrogens is 582 g/mol. The monoisotopic (exact) mass is 615 g/mol. The first-order valence-corrected chi connectivity index (χ1v) is 15.8. The summed E-state index contributed by atoms with van der Waals surface area (Å²) in [6.45, 7) is 4.79. The summed E-state index contributed by atoms with van der Waals surface area (Å²) in [7, 11) is -3.53. The van der Waals surface area contributed by atoms with Gasteiger partial charge in [0.25, 0.3) is 0 Å². The highest BCUT2D eigenvalue weighted by molar-refractivity contribution is 7.89. The van der Waals surface area contributed by atoms with Crippen molar-refractivity contribution in [3.63, 3.8) is 0 Å². The molecular formula is C32H33F4N3O3S. The number of benzene rings is 3. The number of nitrogens with one attached hydrogen (secondary N) is 2. The van der Waals surface area contributed by atoms with Crippen molar-refractivity contribution in [1.29, 1.82) is 0 Å². The lowest BCUT2D eigenvalue weighted by atomic mass is 9.88. The van der Waals surface area contributed by atoms with Gasteiger partial charge in [0.05, 0.1) is 5.75 Å². The topological polar surface area (TPSA) is 78.5 Å². The van der Waals surface area contributed by atoms with Gasteiger partial charge in [-0.1, -0.05) is 30.4 Å². The first kappa shape index (κ1) is 30.9. The number of fused-ring (bicyclic) bond motifs is 3. The Bertz CT molecular complexity index is 1590. The second-order valence-electron chi connectivity index (χ2n) is 11.1. The standard InChI is InChI=1S/C32H33F4N3O3S/c1-20-12-14-43(41,42)39-13-11-30(20)37-19-26(39)9-10-27-29(36)3-2-4-31(27)38-32(40)18-28(21-5-7-23(33)8-6-21)22-15-24(34)17-25(35)16-22/h2-8,15-17,26,28,30,37H,1,9-14,18-19H2,(H,38,40). The second-order valence-corrected chi connectivity index (χ2v) is 13.1. The van der Waals surface area contributed by atoms with Gasteiger partial charge in [0, 0.05) is 54.8 Å². The zero-order valence-corrected chi connectivity index (χ0v) is 24.3. The van der Waals surface area contributed by atoms with Gasteiger partial charge >= 0.3 is 0 Å². The van der Waals surface area contributed by atoms with Crippen molar-refractivity contribution in [2.45, 2.75) is 50.1 Å². The summed E-state index contributed by atoms with van der Waals surface area (Å²) in [6.07, 6.45) is 1.21. The molecule has 2 fully saturated rings. The Labute approximate surface area is 248 Å². The molecule has 0 spiro atoms. The summed E-state index contributed by atoms with van der Waals surface area (Å²) in [5.74, 6) is -4.05. The molecule has 228 valence electrons. The van der Waals surface area contributed by atoms with Crippen LogP contribution in [0, 0.1) is 23.3 Å². The number of carbonyl (C=O) groups is 1. The van der Waals surface area contributed by atoms with Gasteiger partial charge in [0.2, 0.25) is 15.9 Å². The Morgan fingerprint density at radius 3 is 2.44 bits per heavy atom. The van der Waals surface area contributed by atoms with Crippen LogP contribution in [0.1, 0.15) is 48.3 Å². The molecule has 2 aliphatic heterocycles. The zero-order valence-electron chi connectivity index (χ0n) is 23.5. The predicted octanol–water partition coefficient (Wildman–Crippen LogP) is 5.66. The fourth-order valence-corrected chi connectivity index (χ4v) is 7.73. The molecule has 2 heterocycles. The zero-order chi connectivity index (χ0) is 30.7. The van der Waals surface area contributed by atoms with E-state index in [0.29, 0.717) is 37.9 Å². The average Bonchev–Trinajstić information content (AvgIpc) is 3.16. The van der Waals surface area contributed by atoms with Crippen LogP contribution in [-0.4, -0.2) is 49.6 Å². The molecule has 2 bridgehead atoms. The Kier molecular flexibility index (Phi) is 9.33. The maximum atomic E-state index is 15.1. The SMILES string of the molecule is C=C1CCS(=O)(=O)N2CCC1NCC2CCc1c(F)cccc1NC(=O)CC(c1ccc(F)cc1)c1cc(F)cc(F)c1. The molecule has 0 aliphatic carbocycles. The lowest BCUT2D eigenvalue weighted by Crippen LogP contribution is -2.44. The highest BCUT2D eigenvalue weighted by Crippen LogP contribution is 2.31. The van der Waals surface area contributed by atoms with Gasteiger partial charge in [-0.05, 0) is 73.2 Å². The minimum atomic E-state index is -3.53. The van der Waals surface area contributed by atoms with Crippen LogP contribution in [-0.2, 0) is 21.2 Å². The molecule has 3 aromatic rings. The Balaban J connectivity index is 1.35. The highest BCUT2D eigenvalue weighted by atomic mass is 32.2. The van der Waals surface area contributed by atoms with E-state index in [4.69, 9.17) is 0 Å². The van der Waals surface area contributed by atoms with Gasteiger partial charge in [0.15, 0.2) is 0 Å². The van der Waals surface area contributed by atoms with Gasteiger partial charge in [0.1, 0.15) is 23.3 Å². The number of halogens is 4. The minimum absolute atomic E-state index is 0.0203. The summed E-state index contributed by atoms with van der Waals surface area (Å²) in [4.78, 5) is 13.3. The maximum absolute atomic E-state index is 15.1. The quantitative estimate of drug-likeness (QED) is 0.253. The van der Waals surface area contributed by atoms with Crippen molar-refractivity contribution < 1.29 is 30.8 Å². The van der Waals surface area contributed by atoms with Gasteiger partial charge in [-0.25, -0.2) is 26.0 Å².